The first kappa shape index (κ1) is 16.0. The average Bonchev–Trinajstić information content (AvgIpc) is 3.17. The Morgan fingerprint density at radius 2 is 2.43 bits per heavy atom. The third kappa shape index (κ3) is 3.73. The molecule has 3 rings (SSSR count). The predicted octanol–water partition coefficient (Wildman–Crippen LogP) is 1.94. The standard InChI is InChI=1S/C16H23N5OS/c1-12-4-7-23-15(12)9-18-16(17-2)21-5-6-22-14(11-21)13-8-19-20(3)10-13/h4,7-8,10,14H,5-6,9,11H2,1-3H3,(H,17,18). The fraction of sp³-hybridized carbons (Fsp3) is 0.500. The van der Waals surface area contributed by atoms with E-state index in [0.717, 1.165) is 31.2 Å². The van der Waals surface area contributed by atoms with Gasteiger partial charge in [0.25, 0.3) is 0 Å². The minimum atomic E-state index is 0.0412. The molecular formula is C16H23N5OS. The summed E-state index contributed by atoms with van der Waals surface area (Å²) in [7, 11) is 3.76. The maximum atomic E-state index is 5.90. The Labute approximate surface area is 140 Å². The van der Waals surface area contributed by atoms with E-state index < -0.39 is 0 Å². The number of hydrogen-bond donors (Lipinski definition) is 1. The Balaban J connectivity index is 1.63. The zero-order chi connectivity index (χ0) is 16.2. The Hall–Kier alpha value is -1.86. The van der Waals surface area contributed by atoms with Gasteiger partial charge in [0.2, 0.25) is 0 Å². The highest BCUT2D eigenvalue weighted by Gasteiger charge is 2.25. The number of aromatic nitrogens is 2. The van der Waals surface area contributed by atoms with E-state index in [1.165, 1.54) is 10.4 Å². The van der Waals surface area contributed by atoms with Crippen LogP contribution in [0.1, 0.15) is 22.1 Å². The molecule has 124 valence electrons. The summed E-state index contributed by atoms with van der Waals surface area (Å²) in [5.41, 5.74) is 2.44. The lowest BCUT2D eigenvalue weighted by Crippen LogP contribution is -2.47. The van der Waals surface area contributed by atoms with Gasteiger partial charge in [0.05, 0.1) is 25.9 Å². The quantitative estimate of drug-likeness (QED) is 0.689. The monoisotopic (exact) mass is 333 g/mol. The number of aryl methyl sites for hydroxylation is 2. The van der Waals surface area contributed by atoms with Crippen LogP contribution in [-0.4, -0.2) is 47.4 Å². The van der Waals surface area contributed by atoms with Gasteiger partial charge in [0, 0.05) is 37.3 Å². The predicted molar refractivity (Wildman–Crippen MR) is 92.7 cm³/mol. The molecule has 0 saturated carbocycles. The number of morpholine rings is 1. The summed E-state index contributed by atoms with van der Waals surface area (Å²) in [6, 6.07) is 2.15. The fourth-order valence-corrected chi connectivity index (χ4v) is 3.57. The minimum absolute atomic E-state index is 0.0412. The summed E-state index contributed by atoms with van der Waals surface area (Å²) in [5, 5.41) is 9.83. The van der Waals surface area contributed by atoms with E-state index >= 15 is 0 Å². The van der Waals surface area contributed by atoms with Crippen LogP contribution in [0.15, 0.2) is 28.8 Å². The SMILES string of the molecule is CN=C(NCc1sccc1C)N1CCOC(c2cnn(C)c2)C1. The highest BCUT2D eigenvalue weighted by atomic mass is 32.1. The van der Waals surface area contributed by atoms with E-state index in [2.05, 4.69) is 38.7 Å². The molecule has 0 aliphatic carbocycles. The number of nitrogens with zero attached hydrogens (tertiary/aromatic N) is 4. The van der Waals surface area contributed by atoms with Gasteiger partial charge < -0.3 is 15.0 Å². The maximum absolute atomic E-state index is 5.90. The number of hydrogen-bond acceptors (Lipinski definition) is 4. The van der Waals surface area contributed by atoms with Crippen molar-refractivity contribution in [2.24, 2.45) is 12.0 Å². The van der Waals surface area contributed by atoms with Gasteiger partial charge in [-0.05, 0) is 23.9 Å². The molecular weight excluding hydrogens is 310 g/mol. The second-order valence-electron chi connectivity index (χ2n) is 5.68. The molecule has 0 aromatic carbocycles. The third-order valence-corrected chi connectivity index (χ3v) is 5.07. The van der Waals surface area contributed by atoms with E-state index in [-0.39, 0.29) is 6.10 Å². The molecule has 23 heavy (non-hydrogen) atoms. The molecule has 1 fully saturated rings. The van der Waals surface area contributed by atoms with E-state index in [4.69, 9.17) is 4.74 Å². The molecule has 2 aromatic rings. The molecule has 1 aliphatic rings. The van der Waals surface area contributed by atoms with Crippen molar-refractivity contribution in [1.82, 2.24) is 20.0 Å². The number of rotatable bonds is 3. The van der Waals surface area contributed by atoms with Crippen molar-refractivity contribution in [3.63, 3.8) is 0 Å². The fourth-order valence-electron chi connectivity index (χ4n) is 2.73. The highest BCUT2D eigenvalue weighted by molar-refractivity contribution is 7.10. The van der Waals surface area contributed by atoms with Crippen LogP contribution in [0.25, 0.3) is 0 Å². The summed E-state index contributed by atoms with van der Waals surface area (Å²) >= 11 is 1.78. The molecule has 0 spiro atoms. The molecule has 1 aliphatic heterocycles. The van der Waals surface area contributed by atoms with Gasteiger partial charge >= 0.3 is 0 Å². The zero-order valence-electron chi connectivity index (χ0n) is 13.8. The lowest BCUT2D eigenvalue weighted by atomic mass is 10.1. The summed E-state index contributed by atoms with van der Waals surface area (Å²) in [4.78, 5) is 8.04. The van der Waals surface area contributed by atoms with Crippen molar-refractivity contribution in [3.8, 4) is 0 Å². The summed E-state index contributed by atoms with van der Waals surface area (Å²) < 4.78 is 7.71. The van der Waals surface area contributed by atoms with Crippen molar-refractivity contribution in [3.05, 3.63) is 39.8 Å². The molecule has 2 aromatic heterocycles. The van der Waals surface area contributed by atoms with E-state index in [1.807, 2.05) is 31.2 Å². The van der Waals surface area contributed by atoms with Crippen molar-refractivity contribution in [2.75, 3.05) is 26.7 Å². The molecule has 0 bridgehead atoms. The molecule has 1 N–H and O–H groups in total. The number of guanidine groups is 1. The molecule has 7 heteroatoms. The largest absolute Gasteiger partial charge is 0.370 e. The Kier molecular flexibility index (Phi) is 4.97. The normalized spacial score (nSPS) is 19.2. The van der Waals surface area contributed by atoms with Gasteiger partial charge in [-0.2, -0.15) is 5.10 Å². The van der Waals surface area contributed by atoms with Crippen LogP contribution >= 0.6 is 11.3 Å². The lowest BCUT2D eigenvalue weighted by Gasteiger charge is -2.34. The number of aliphatic imine (C=N–C) groups is 1. The van der Waals surface area contributed by atoms with E-state index in [0.29, 0.717) is 6.61 Å². The minimum Gasteiger partial charge on any atom is -0.370 e. The maximum Gasteiger partial charge on any atom is 0.194 e. The summed E-state index contributed by atoms with van der Waals surface area (Å²) in [5.74, 6) is 0.926. The van der Waals surface area contributed by atoms with Crippen LogP contribution in [0, 0.1) is 6.92 Å². The molecule has 6 nitrogen and oxygen atoms in total. The van der Waals surface area contributed by atoms with Crippen molar-refractivity contribution in [1.29, 1.82) is 0 Å². The van der Waals surface area contributed by atoms with Crippen molar-refractivity contribution < 1.29 is 4.74 Å². The van der Waals surface area contributed by atoms with Crippen LogP contribution < -0.4 is 5.32 Å². The van der Waals surface area contributed by atoms with Crippen LogP contribution in [0.5, 0.6) is 0 Å². The van der Waals surface area contributed by atoms with Crippen LogP contribution in [0.2, 0.25) is 0 Å². The zero-order valence-corrected chi connectivity index (χ0v) is 14.6. The van der Waals surface area contributed by atoms with Crippen molar-refractivity contribution >= 4 is 17.3 Å². The third-order valence-electron chi connectivity index (χ3n) is 4.05. The first-order chi connectivity index (χ1) is 11.2. The van der Waals surface area contributed by atoms with Crippen LogP contribution in [0.3, 0.4) is 0 Å². The Morgan fingerprint density at radius 1 is 1.57 bits per heavy atom. The number of nitrogens with one attached hydrogen (secondary N) is 1. The van der Waals surface area contributed by atoms with Gasteiger partial charge in [-0.15, -0.1) is 11.3 Å². The first-order valence-corrected chi connectivity index (χ1v) is 8.64. The van der Waals surface area contributed by atoms with Crippen molar-refractivity contribution in [2.45, 2.75) is 19.6 Å². The molecule has 1 saturated heterocycles. The molecule has 1 unspecified atom stereocenters. The second kappa shape index (κ2) is 7.14. The van der Waals surface area contributed by atoms with Crippen LogP contribution in [0.4, 0.5) is 0 Å². The highest BCUT2D eigenvalue weighted by Crippen LogP contribution is 2.22. The number of thiophene rings is 1. The molecule has 1 atom stereocenters. The van der Waals surface area contributed by atoms with E-state index in [9.17, 15) is 0 Å². The molecule has 3 heterocycles. The summed E-state index contributed by atoms with van der Waals surface area (Å²) in [6.07, 6.45) is 3.93. The lowest BCUT2D eigenvalue weighted by molar-refractivity contribution is -0.00804. The second-order valence-corrected chi connectivity index (χ2v) is 6.68. The van der Waals surface area contributed by atoms with Gasteiger partial charge in [-0.1, -0.05) is 0 Å². The van der Waals surface area contributed by atoms with Gasteiger partial charge in [-0.3, -0.25) is 9.67 Å². The smallest absolute Gasteiger partial charge is 0.194 e. The first-order valence-electron chi connectivity index (χ1n) is 7.76. The average molecular weight is 333 g/mol. The Morgan fingerprint density at radius 3 is 3.09 bits per heavy atom. The van der Waals surface area contributed by atoms with Gasteiger partial charge in [0.1, 0.15) is 6.10 Å². The number of ether oxygens (including phenoxy) is 1. The molecule has 0 amide bonds. The Bertz CT molecular complexity index is 678. The van der Waals surface area contributed by atoms with Crippen LogP contribution in [-0.2, 0) is 18.3 Å². The molecule has 0 radical (unpaired) electrons. The topological polar surface area (TPSA) is 54.7 Å². The summed E-state index contributed by atoms with van der Waals surface area (Å²) in [6.45, 7) is 5.28. The van der Waals surface area contributed by atoms with E-state index in [1.54, 1.807) is 11.3 Å². The van der Waals surface area contributed by atoms with Gasteiger partial charge in [-0.25, -0.2) is 0 Å². The van der Waals surface area contributed by atoms with Gasteiger partial charge in [0.15, 0.2) is 5.96 Å².